The van der Waals surface area contributed by atoms with Gasteiger partial charge in [0.1, 0.15) is 6.54 Å². The van der Waals surface area contributed by atoms with Crippen LogP contribution in [0.5, 0.6) is 0 Å². The number of nitrogens with zero attached hydrogens (tertiary/aromatic N) is 3. The third-order valence-corrected chi connectivity index (χ3v) is 6.46. The molecule has 6 rings (SSSR count). The summed E-state index contributed by atoms with van der Waals surface area (Å²) < 4.78 is 1.47. The smallest absolute Gasteiger partial charge is 0.261 e. The first-order chi connectivity index (χ1) is 12.2. The Morgan fingerprint density at radius 1 is 1.04 bits per heavy atom. The number of para-hydroxylation sites is 1. The zero-order chi connectivity index (χ0) is 17.0. The summed E-state index contributed by atoms with van der Waals surface area (Å²) in [5, 5.41) is 0.577. The zero-order valence-electron chi connectivity index (χ0n) is 14.3. The molecule has 2 saturated heterocycles. The number of aromatic nitrogens is 2. The average molecular weight is 337 g/mol. The Hall–Kier alpha value is -2.17. The highest BCUT2D eigenvalue weighted by Gasteiger charge is 2.43. The van der Waals surface area contributed by atoms with E-state index in [2.05, 4.69) is 9.88 Å². The number of amides is 1. The van der Waals surface area contributed by atoms with Gasteiger partial charge in [-0.1, -0.05) is 12.1 Å². The molecule has 2 aliphatic carbocycles. The van der Waals surface area contributed by atoms with Crippen molar-refractivity contribution in [2.45, 2.75) is 44.7 Å². The van der Waals surface area contributed by atoms with Gasteiger partial charge in [-0.3, -0.25) is 14.2 Å². The van der Waals surface area contributed by atoms with E-state index in [1.165, 1.54) is 30.2 Å². The molecule has 2 aromatic rings. The molecule has 25 heavy (non-hydrogen) atoms. The number of benzene rings is 1. The molecule has 4 bridgehead atoms. The molecule has 2 unspecified atom stereocenters. The van der Waals surface area contributed by atoms with Crippen LogP contribution in [0.1, 0.15) is 32.1 Å². The Morgan fingerprint density at radius 2 is 1.76 bits per heavy atom. The molecule has 4 fully saturated rings. The van der Waals surface area contributed by atoms with Crippen molar-refractivity contribution in [2.24, 2.45) is 17.8 Å². The molecule has 130 valence electrons. The largest absolute Gasteiger partial charge is 0.338 e. The number of fused-ring (bicyclic) bond motifs is 2. The summed E-state index contributed by atoms with van der Waals surface area (Å²) in [6, 6.07) is 7.69. The molecule has 5 nitrogen and oxygen atoms in total. The van der Waals surface area contributed by atoms with Crippen LogP contribution in [0.15, 0.2) is 35.4 Å². The van der Waals surface area contributed by atoms with Crippen molar-refractivity contribution in [1.82, 2.24) is 14.5 Å². The molecule has 2 atom stereocenters. The van der Waals surface area contributed by atoms with E-state index < -0.39 is 0 Å². The van der Waals surface area contributed by atoms with Crippen molar-refractivity contribution in [3.8, 4) is 0 Å². The van der Waals surface area contributed by atoms with Gasteiger partial charge in [0.2, 0.25) is 5.91 Å². The SMILES string of the molecule is O=C(Cn1cnc2ccccc2c1=O)N1CC2CC3CC(C2)CC1C3. The third kappa shape index (κ3) is 2.57. The summed E-state index contributed by atoms with van der Waals surface area (Å²) in [5.74, 6) is 2.36. The standard InChI is InChI=1S/C20H23N3O2/c24-19(11-22-12-21-18-4-2-1-3-17(18)20(22)25)23-10-15-6-13-5-14(7-15)9-16(23)8-13/h1-4,12-16H,5-11H2. The van der Waals surface area contributed by atoms with Crippen LogP contribution >= 0.6 is 0 Å². The van der Waals surface area contributed by atoms with Gasteiger partial charge in [-0.05, 0) is 62.0 Å². The second-order valence-electron chi connectivity index (χ2n) is 8.17. The van der Waals surface area contributed by atoms with Crippen LogP contribution in [-0.2, 0) is 11.3 Å². The second-order valence-corrected chi connectivity index (χ2v) is 8.17. The summed E-state index contributed by atoms with van der Waals surface area (Å²) in [6.45, 7) is 0.988. The summed E-state index contributed by atoms with van der Waals surface area (Å²) in [4.78, 5) is 32.1. The second kappa shape index (κ2) is 5.68. The maximum Gasteiger partial charge on any atom is 0.261 e. The number of carbonyl (C=O) groups is 1. The van der Waals surface area contributed by atoms with E-state index in [4.69, 9.17) is 0 Å². The molecule has 2 saturated carbocycles. The van der Waals surface area contributed by atoms with Gasteiger partial charge in [0.15, 0.2) is 0 Å². The lowest BCUT2D eigenvalue weighted by atomic mass is 9.68. The highest BCUT2D eigenvalue weighted by molar-refractivity contribution is 5.79. The lowest BCUT2D eigenvalue weighted by Crippen LogP contribution is -2.44. The maximum atomic E-state index is 13.0. The molecular formula is C20H23N3O2. The highest BCUT2D eigenvalue weighted by Crippen LogP contribution is 2.47. The molecular weight excluding hydrogens is 314 g/mol. The topological polar surface area (TPSA) is 55.2 Å². The van der Waals surface area contributed by atoms with Crippen molar-refractivity contribution in [2.75, 3.05) is 6.54 Å². The van der Waals surface area contributed by atoms with Crippen LogP contribution in [0.4, 0.5) is 0 Å². The number of carbonyl (C=O) groups excluding carboxylic acids is 1. The lowest BCUT2D eigenvalue weighted by Gasteiger charge is -2.39. The molecule has 1 amide bonds. The van der Waals surface area contributed by atoms with Gasteiger partial charge in [0, 0.05) is 12.6 Å². The minimum atomic E-state index is -0.125. The first kappa shape index (κ1) is 15.1. The molecule has 1 aromatic carbocycles. The maximum absolute atomic E-state index is 13.0. The lowest BCUT2D eigenvalue weighted by molar-refractivity contribution is -0.134. The molecule has 5 heteroatoms. The van der Waals surface area contributed by atoms with Crippen molar-refractivity contribution < 1.29 is 4.79 Å². The Morgan fingerprint density at radius 3 is 2.56 bits per heavy atom. The van der Waals surface area contributed by atoms with E-state index in [-0.39, 0.29) is 18.0 Å². The third-order valence-electron chi connectivity index (χ3n) is 6.46. The monoisotopic (exact) mass is 337 g/mol. The van der Waals surface area contributed by atoms with E-state index in [0.717, 1.165) is 31.2 Å². The van der Waals surface area contributed by atoms with Crippen molar-refractivity contribution in [3.63, 3.8) is 0 Å². The fourth-order valence-corrected chi connectivity index (χ4v) is 5.55. The average Bonchev–Trinajstić information content (AvgIpc) is 2.81. The number of hydrogen-bond acceptors (Lipinski definition) is 3. The van der Waals surface area contributed by atoms with Crippen molar-refractivity contribution in [3.05, 3.63) is 40.9 Å². The zero-order valence-corrected chi connectivity index (χ0v) is 14.3. The summed E-state index contributed by atoms with van der Waals surface area (Å²) in [7, 11) is 0. The fraction of sp³-hybridized carbons (Fsp3) is 0.550. The highest BCUT2D eigenvalue weighted by atomic mass is 16.2. The molecule has 1 aromatic heterocycles. The van der Waals surface area contributed by atoms with Crippen LogP contribution in [0.3, 0.4) is 0 Å². The predicted molar refractivity (Wildman–Crippen MR) is 95.1 cm³/mol. The quantitative estimate of drug-likeness (QED) is 0.846. The molecule has 0 spiro atoms. The van der Waals surface area contributed by atoms with Gasteiger partial charge in [-0.25, -0.2) is 4.98 Å². The molecule has 3 heterocycles. The fourth-order valence-electron chi connectivity index (χ4n) is 5.55. The van der Waals surface area contributed by atoms with Crippen LogP contribution in [-0.4, -0.2) is 32.9 Å². The molecule has 0 N–H and O–H groups in total. The van der Waals surface area contributed by atoms with Crippen molar-refractivity contribution >= 4 is 16.8 Å². The van der Waals surface area contributed by atoms with Gasteiger partial charge >= 0.3 is 0 Å². The van der Waals surface area contributed by atoms with Crippen LogP contribution < -0.4 is 5.56 Å². The number of hydrogen-bond donors (Lipinski definition) is 0. The molecule has 2 aliphatic heterocycles. The van der Waals surface area contributed by atoms with Crippen LogP contribution in [0.25, 0.3) is 10.9 Å². The van der Waals surface area contributed by atoms with E-state index in [1.54, 1.807) is 6.07 Å². The normalized spacial score (nSPS) is 30.6. The first-order valence-corrected chi connectivity index (χ1v) is 9.41. The minimum Gasteiger partial charge on any atom is -0.338 e. The Bertz CT molecular complexity index is 876. The minimum absolute atomic E-state index is 0.0809. The van der Waals surface area contributed by atoms with Gasteiger partial charge in [-0.15, -0.1) is 0 Å². The van der Waals surface area contributed by atoms with Gasteiger partial charge < -0.3 is 4.90 Å². The Labute approximate surface area is 146 Å². The molecule has 0 radical (unpaired) electrons. The summed E-state index contributed by atoms with van der Waals surface area (Å²) in [5.41, 5.74) is 0.557. The van der Waals surface area contributed by atoms with E-state index in [9.17, 15) is 9.59 Å². The van der Waals surface area contributed by atoms with Gasteiger partial charge in [0.05, 0.1) is 17.2 Å². The van der Waals surface area contributed by atoms with Gasteiger partial charge in [0.25, 0.3) is 5.56 Å². The van der Waals surface area contributed by atoms with Gasteiger partial charge in [-0.2, -0.15) is 0 Å². The Balaban J connectivity index is 1.42. The van der Waals surface area contributed by atoms with E-state index >= 15 is 0 Å². The number of rotatable bonds is 2. The van der Waals surface area contributed by atoms with Crippen LogP contribution in [0, 0.1) is 17.8 Å². The summed E-state index contributed by atoms with van der Waals surface area (Å²) in [6.07, 6.45) is 7.77. The van der Waals surface area contributed by atoms with Crippen LogP contribution in [0.2, 0.25) is 0 Å². The van der Waals surface area contributed by atoms with Crippen molar-refractivity contribution in [1.29, 1.82) is 0 Å². The first-order valence-electron chi connectivity index (χ1n) is 9.41. The predicted octanol–water partition coefficient (Wildman–Crippen LogP) is 2.43. The van der Waals surface area contributed by atoms with E-state index in [1.807, 2.05) is 18.2 Å². The van der Waals surface area contributed by atoms with E-state index in [0.29, 0.717) is 22.9 Å². The summed E-state index contributed by atoms with van der Waals surface area (Å²) >= 11 is 0. The Kier molecular flexibility index (Phi) is 3.43. The molecule has 4 aliphatic rings.